The highest BCUT2D eigenvalue weighted by molar-refractivity contribution is 6.45. The third kappa shape index (κ3) is 5.07. The number of anilines is 1. The van der Waals surface area contributed by atoms with Gasteiger partial charge >= 0.3 is 0 Å². The summed E-state index contributed by atoms with van der Waals surface area (Å²) in [7, 11) is 0. The van der Waals surface area contributed by atoms with E-state index in [9.17, 15) is 4.79 Å². The topological polar surface area (TPSA) is 91.8 Å². The average Bonchev–Trinajstić information content (AvgIpc) is 3.56. The summed E-state index contributed by atoms with van der Waals surface area (Å²) in [6.45, 7) is 17.4. The van der Waals surface area contributed by atoms with Crippen LogP contribution >= 0.6 is 23.2 Å². The predicted molar refractivity (Wildman–Crippen MR) is 180 cm³/mol. The van der Waals surface area contributed by atoms with Crippen molar-refractivity contribution in [1.82, 2.24) is 29.8 Å². The lowest BCUT2D eigenvalue weighted by atomic mass is 9.60. The van der Waals surface area contributed by atoms with Gasteiger partial charge in [0.25, 0.3) is 0 Å². The van der Waals surface area contributed by atoms with Gasteiger partial charge in [-0.3, -0.25) is 19.5 Å². The van der Waals surface area contributed by atoms with Crippen molar-refractivity contribution < 1.29 is 14.3 Å². The smallest absolute Gasteiger partial charge is 0.245 e. The number of H-pyrrole nitrogens is 1. The van der Waals surface area contributed by atoms with E-state index in [-0.39, 0.29) is 35.1 Å². The van der Waals surface area contributed by atoms with Crippen molar-refractivity contribution in [3.63, 3.8) is 0 Å². The molecule has 1 aliphatic carbocycles. The van der Waals surface area contributed by atoms with E-state index in [0.29, 0.717) is 29.2 Å². The zero-order valence-electron chi connectivity index (χ0n) is 26.9. The van der Waals surface area contributed by atoms with Crippen LogP contribution in [-0.4, -0.2) is 106 Å². The van der Waals surface area contributed by atoms with Crippen LogP contribution in [-0.2, 0) is 14.3 Å². The van der Waals surface area contributed by atoms with E-state index < -0.39 is 0 Å². The molecule has 3 aromatic rings. The summed E-state index contributed by atoms with van der Waals surface area (Å²) in [5.41, 5.74) is 3.90. The van der Waals surface area contributed by atoms with E-state index in [1.165, 1.54) is 6.08 Å². The second-order valence-electron chi connectivity index (χ2n) is 15.0. The first kappa shape index (κ1) is 30.7. The number of hydrogen-bond acceptors (Lipinski definition) is 7. The number of hydrogen-bond donors (Lipinski definition) is 1. The molecule has 4 saturated heterocycles. The van der Waals surface area contributed by atoms with Crippen LogP contribution in [0.4, 0.5) is 5.82 Å². The molecule has 1 N–H and O–H groups in total. The van der Waals surface area contributed by atoms with Gasteiger partial charge in [-0.1, -0.05) is 29.8 Å². The molecule has 2 bridgehead atoms. The fraction of sp³-hybridized carbons (Fsp3) is 0.618. The summed E-state index contributed by atoms with van der Waals surface area (Å²) in [6.07, 6.45) is 7.77. The third-order valence-corrected chi connectivity index (χ3v) is 12.0. The van der Waals surface area contributed by atoms with E-state index in [1.54, 1.807) is 0 Å². The van der Waals surface area contributed by atoms with Crippen molar-refractivity contribution in [2.75, 3.05) is 57.4 Å². The zero-order chi connectivity index (χ0) is 32.0. The monoisotopic (exact) mass is 667 g/mol. The maximum absolute atomic E-state index is 12.1. The highest BCUT2D eigenvalue weighted by atomic mass is 35.5. The van der Waals surface area contributed by atoms with E-state index >= 15 is 0 Å². The summed E-state index contributed by atoms with van der Waals surface area (Å²) in [5, 5.41) is 14.8. The van der Waals surface area contributed by atoms with Gasteiger partial charge in [0.05, 0.1) is 53.2 Å². The predicted octanol–water partition coefficient (Wildman–Crippen LogP) is 5.49. The Labute approximate surface area is 279 Å². The van der Waals surface area contributed by atoms with Crippen LogP contribution < -0.4 is 4.90 Å². The fourth-order valence-corrected chi connectivity index (χ4v) is 9.61. The molecule has 0 radical (unpaired) electrons. The number of nitrogens with one attached hydrogen (secondary N) is 1. The van der Waals surface area contributed by atoms with E-state index in [4.69, 9.17) is 37.8 Å². The number of morpholine rings is 1. The molecule has 12 heteroatoms. The average molecular weight is 669 g/mol. The van der Waals surface area contributed by atoms with Gasteiger partial charge in [0.1, 0.15) is 0 Å². The number of nitrogens with zero attached hydrogens (tertiary/aromatic N) is 6. The van der Waals surface area contributed by atoms with Gasteiger partial charge in [-0.2, -0.15) is 10.2 Å². The second-order valence-corrected chi connectivity index (χ2v) is 15.8. The molecule has 1 amide bonds. The van der Waals surface area contributed by atoms with Crippen molar-refractivity contribution in [2.24, 2.45) is 11.3 Å². The Morgan fingerprint density at radius 2 is 1.89 bits per heavy atom. The first-order chi connectivity index (χ1) is 22.0. The minimum absolute atomic E-state index is 0.0183. The summed E-state index contributed by atoms with van der Waals surface area (Å²) in [5.74, 6) is 1.56. The summed E-state index contributed by atoms with van der Waals surface area (Å²) >= 11 is 13.8. The highest BCUT2D eigenvalue weighted by Crippen LogP contribution is 2.56. The van der Waals surface area contributed by atoms with Crippen LogP contribution in [0.3, 0.4) is 0 Å². The van der Waals surface area contributed by atoms with Crippen molar-refractivity contribution in [1.29, 1.82) is 0 Å². The number of halogens is 2. The van der Waals surface area contributed by atoms with Crippen molar-refractivity contribution >= 4 is 45.8 Å². The van der Waals surface area contributed by atoms with E-state index in [2.05, 4.69) is 52.0 Å². The molecule has 46 heavy (non-hydrogen) atoms. The van der Waals surface area contributed by atoms with Crippen LogP contribution in [0.25, 0.3) is 22.0 Å². The number of fused-ring (bicyclic) bond motifs is 3. The van der Waals surface area contributed by atoms with Crippen LogP contribution in [0.15, 0.2) is 24.9 Å². The molecule has 5 fully saturated rings. The van der Waals surface area contributed by atoms with Gasteiger partial charge in [-0.25, -0.2) is 0 Å². The van der Waals surface area contributed by atoms with Crippen LogP contribution in [0.2, 0.25) is 10.0 Å². The number of amides is 1. The molecule has 1 spiro atoms. The lowest BCUT2D eigenvalue weighted by Gasteiger charge is -2.58. The molecule has 3 atom stereocenters. The number of piperidine rings is 1. The third-order valence-electron chi connectivity index (χ3n) is 11.2. The quantitative estimate of drug-likeness (QED) is 0.348. The number of ether oxygens (including phenoxy) is 2. The van der Waals surface area contributed by atoms with Gasteiger partial charge in [0.15, 0.2) is 5.82 Å². The maximum atomic E-state index is 12.1. The fourth-order valence-electron chi connectivity index (χ4n) is 9.16. The van der Waals surface area contributed by atoms with E-state index in [0.717, 1.165) is 98.5 Å². The highest BCUT2D eigenvalue weighted by Gasteiger charge is 2.55. The first-order valence-corrected chi connectivity index (χ1v) is 17.3. The number of aromatic nitrogens is 4. The zero-order valence-corrected chi connectivity index (χ0v) is 28.4. The van der Waals surface area contributed by atoms with Crippen molar-refractivity contribution in [3.8, 4) is 11.1 Å². The summed E-state index contributed by atoms with van der Waals surface area (Å²) < 4.78 is 14.1. The van der Waals surface area contributed by atoms with Crippen LogP contribution in [0, 0.1) is 18.3 Å². The number of benzene rings is 1. The lowest BCUT2D eigenvalue weighted by molar-refractivity contribution is -0.180. The van der Waals surface area contributed by atoms with Gasteiger partial charge in [0, 0.05) is 72.4 Å². The molecular formula is C34H43Cl2N7O3. The minimum Gasteiger partial charge on any atom is -0.376 e. The van der Waals surface area contributed by atoms with Crippen molar-refractivity contribution in [2.45, 2.75) is 70.2 Å². The Morgan fingerprint density at radius 3 is 2.59 bits per heavy atom. The molecule has 8 rings (SSSR count). The Morgan fingerprint density at radius 1 is 1.15 bits per heavy atom. The second kappa shape index (κ2) is 11.2. The van der Waals surface area contributed by atoms with Crippen molar-refractivity contribution in [3.05, 3.63) is 40.7 Å². The molecule has 6 heterocycles. The molecule has 2 aromatic heterocycles. The molecule has 2 unspecified atom stereocenters. The molecule has 4 aliphatic heterocycles. The number of carbonyl (C=O) groups is 1. The Balaban J connectivity index is 1.10. The normalized spacial score (nSPS) is 27.5. The summed E-state index contributed by atoms with van der Waals surface area (Å²) in [4.78, 5) is 19.1. The number of likely N-dealkylation sites (tertiary alicyclic amines) is 1. The molecule has 5 aliphatic rings. The van der Waals surface area contributed by atoms with E-state index in [1.807, 2.05) is 17.2 Å². The Hall–Kier alpha value is -2.63. The summed E-state index contributed by atoms with van der Waals surface area (Å²) in [6, 6.07) is 2.11. The number of carbonyl (C=O) groups excluding carboxylic acids is 1. The van der Waals surface area contributed by atoms with Gasteiger partial charge in [0.2, 0.25) is 5.91 Å². The molecule has 1 aromatic carbocycles. The molecular weight excluding hydrogens is 625 g/mol. The lowest BCUT2D eigenvalue weighted by Crippen LogP contribution is -2.63. The minimum atomic E-state index is -0.129. The molecule has 246 valence electrons. The van der Waals surface area contributed by atoms with Gasteiger partial charge < -0.3 is 19.3 Å². The maximum Gasteiger partial charge on any atom is 0.245 e. The number of rotatable bonds is 6. The largest absolute Gasteiger partial charge is 0.376 e. The first-order valence-electron chi connectivity index (χ1n) is 16.6. The standard InChI is InChI=1S/C34H43Cl2N7O3/c1-5-28(44)41-18-34(19-41)10-22(11-34)43-20(2)29(30-25-12-37-38-27(25)8-26(35)31(30)36)32(39-43)42-7-6-21(9-33(42,3)4)13-40-14-23-16-45-17-24(15-40)46-23/h5,8,12,21-24H,1,6-7,9-11,13-19H2,2-4H3,(H,37,38)/t21-,23?,24?/m1/s1. The van der Waals surface area contributed by atoms with Gasteiger partial charge in [-0.15, -0.1) is 0 Å². The van der Waals surface area contributed by atoms with Crippen LogP contribution in [0.5, 0.6) is 0 Å². The SMILES string of the molecule is C=CC(=O)N1CC2(CC(n3nc(N4CC[C@@H](CN5CC6COCC(C5)O6)CC4(C)C)c(-c4c(Cl)c(Cl)cc5[nH]ncc45)c3C)C2)C1. The Bertz CT molecular complexity index is 1670. The number of aromatic amines is 1. The van der Waals surface area contributed by atoms with Crippen LogP contribution in [0.1, 0.15) is 51.3 Å². The Kier molecular flexibility index (Phi) is 7.49. The molecule has 1 saturated carbocycles. The van der Waals surface area contributed by atoms with Gasteiger partial charge in [-0.05, 0) is 64.5 Å². The molecule has 10 nitrogen and oxygen atoms in total.